The van der Waals surface area contributed by atoms with E-state index in [-0.39, 0.29) is 0 Å². The third-order valence-electron chi connectivity index (χ3n) is 2.15. The molecule has 0 saturated carbocycles. The predicted octanol–water partition coefficient (Wildman–Crippen LogP) is 3.84. The Balaban J connectivity index is 3.25. The maximum Gasteiger partial charge on any atom is 0.0689 e. The van der Waals surface area contributed by atoms with E-state index in [0.717, 1.165) is 5.69 Å². The summed E-state index contributed by atoms with van der Waals surface area (Å²) >= 11 is 0. The van der Waals surface area contributed by atoms with Crippen LogP contribution in [0.4, 0.5) is 5.69 Å². The largest absolute Gasteiger partial charge is 0.261 e. The van der Waals surface area contributed by atoms with Gasteiger partial charge in [0, 0.05) is 6.21 Å². The van der Waals surface area contributed by atoms with Gasteiger partial charge in [0.05, 0.1) is 5.69 Å². The second-order valence-electron chi connectivity index (χ2n) is 3.55. The highest BCUT2D eigenvalue weighted by Crippen LogP contribution is 2.29. The fourth-order valence-corrected chi connectivity index (χ4v) is 1.45. The van der Waals surface area contributed by atoms with Gasteiger partial charge in [-0.05, 0) is 30.9 Å². The van der Waals surface area contributed by atoms with Crippen LogP contribution in [0, 0.1) is 6.92 Å². The van der Waals surface area contributed by atoms with Crippen LogP contribution in [0.5, 0.6) is 0 Å². The number of rotatable bonds is 2. The predicted molar refractivity (Wildman–Crippen MR) is 59.1 cm³/mol. The molecule has 1 rings (SSSR count). The number of aliphatic imine (C=N–C) groups is 1. The van der Waals surface area contributed by atoms with Gasteiger partial charge < -0.3 is 0 Å². The van der Waals surface area contributed by atoms with E-state index in [1.807, 2.05) is 13.1 Å². The highest BCUT2D eigenvalue weighted by Gasteiger charge is 2.06. The molecule has 0 fully saturated rings. The molecule has 0 heterocycles. The Morgan fingerprint density at radius 3 is 2.54 bits per heavy atom. The summed E-state index contributed by atoms with van der Waals surface area (Å²) in [4.78, 5) is 4.40. The van der Waals surface area contributed by atoms with Crippen molar-refractivity contribution in [2.75, 3.05) is 0 Å². The molecule has 0 aliphatic heterocycles. The van der Waals surface area contributed by atoms with Crippen LogP contribution in [0.15, 0.2) is 23.2 Å². The number of hydrogen-bond donors (Lipinski definition) is 0. The van der Waals surface area contributed by atoms with Gasteiger partial charge in [0.25, 0.3) is 0 Å². The van der Waals surface area contributed by atoms with Gasteiger partial charge in [0.2, 0.25) is 0 Å². The molecule has 0 aliphatic rings. The van der Waals surface area contributed by atoms with Crippen molar-refractivity contribution in [3.05, 3.63) is 29.3 Å². The molecule has 1 aromatic carbocycles. The van der Waals surface area contributed by atoms with Crippen LogP contribution in [-0.4, -0.2) is 6.21 Å². The summed E-state index contributed by atoms with van der Waals surface area (Å²) in [5.41, 5.74) is 3.72. The van der Waals surface area contributed by atoms with Crippen molar-refractivity contribution in [3.8, 4) is 0 Å². The Morgan fingerprint density at radius 1 is 1.31 bits per heavy atom. The number of hydrogen-bond acceptors (Lipinski definition) is 1. The lowest BCUT2D eigenvalue weighted by molar-refractivity contribution is 0.865. The summed E-state index contributed by atoms with van der Waals surface area (Å²) in [6.45, 7) is 8.46. The van der Waals surface area contributed by atoms with Crippen LogP contribution in [0.3, 0.4) is 0 Å². The lowest BCUT2D eigenvalue weighted by Gasteiger charge is -2.10. The molecule has 0 atom stereocenters. The van der Waals surface area contributed by atoms with E-state index < -0.39 is 0 Å². The number of nitrogens with zero attached hydrogens (tertiary/aromatic N) is 1. The van der Waals surface area contributed by atoms with Crippen LogP contribution in [0.1, 0.15) is 37.8 Å². The van der Waals surface area contributed by atoms with Crippen LogP contribution < -0.4 is 0 Å². The van der Waals surface area contributed by atoms with Gasteiger partial charge in [0.15, 0.2) is 0 Å². The maximum absolute atomic E-state index is 4.40. The normalized spacial score (nSPS) is 11.5. The zero-order valence-electron chi connectivity index (χ0n) is 8.83. The monoisotopic (exact) mass is 175 g/mol. The highest BCUT2D eigenvalue weighted by atomic mass is 14.7. The summed E-state index contributed by atoms with van der Waals surface area (Å²) in [6, 6.07) is 6.35. The van der Waals surface area contributed by atoms with Crippen molar-refractivity contribution in [2.45, 2.75) is 33.6 Å². The van der Waals surface area contributed by atoms with Gasteiger partial charge in [-0.15, -0.1) is 0 Å². The Hall–Kier alpha value is -1.11. The average molecular weight is 175 g/mol. The van der Waals surface area contributed by atoms with E-state index in [0.29, 0.717) is 5.92 Å². The van der Waals surface area contributed by atoms with Crippen LogP contribution >= 0.6 is 0 Å². The van der Waals surface area contributed by atoms with Crippen molar-refractivity contribution in [2.24, 2.45) is 4.99 Å². The lowest BCUT2D eigenvalue weighted by Crippen LogP contribution is -1.89. The van der Waals surface area contributed by atoms with Crippen LogP contribution in [0.2, 0.25) is 0 Å². The lowest BCUT2D eigenvalue weighted by atomic mass is 9.98. The van der Waals surface area contributed by atoms with Crippen molar-refractivity contribution < 1.29 is 0 Å². The molecule has 0 spiro atoms. The second-order valence-corrected chi connectivity index (χ2v) is 3.55. The first-order valence-electron chi connectivity index (χ1n) is 4.75. The molecule has 13 heavy (non-hydrogen) atoms. The summed E-state index contributed by atoms with van der Waals surface area (Å²) in [7, 11) is 0. The first kappa shape index (κ1) is 9.97. The minimum Gasteiger partial charge on any atom is -0.261 e. The second kappa shape index (κ2) is 4.22. The highest BCUT2D eigenvalue weighted by molar-refractivity contribution is 5.65. The molecule has 70 valence electrons. The van der Waals surface area contributed by atoms with Gasteiger partial charge in [-0.25, -0.2) is 0 Å². The Bertz CT molecular complexity index is 311. The molecule has 0 saturated heterocycles. The van der Waals surface area contributed by atoms with Crippen LogP contribution in [0.25, 0.3) is 0 Å². The van der Waals surface area contributed by atoms with Gasteiger partial charge in [0.1, 0.15) is 0 Å². The Morgan fingerprint density at radius 2 is 2.00 bits per heavy atom. The SMILES string of the molecule is C/C=N/c1c(C)cccc1C(C)C. The number of aryl methyl sites for hydroxylation is 1. The molecule has 0 aliphatic carbocycles. The molecule has 0 radical (unpaired) electrons. The molecule has 0 amide bonds. The van der Waals surface area contributed by atoms with Gasteiger partial charge in [-0.1, -0.05) is 32.0 Å². The third-order valence-corrected chi connectivity index (χ3v) is 2.15. The summed E-state index contributed by atoms with van der Waals surface area (Å²) in [5.74, 6) is 0.540. The Labute approximate surface area is 80.5 Å². The van der Waals surface area contributed by atoms with E-state index in [1.54, 1.807) is 0 Å². The quantitative estimate of drug-likeness (QED) is 0.605. The van der Waals surface area contributed by atoms with E-state index in [4.69, 9.17) is 0 Å². The molecule has 1 heteroatoms. The zero-order valence-corrected chi connectivity index (χ0v) is 8.83. The van der Waals surface area contributed by atoms with Crippen LogP contribution in [-0.2, 0) is 0 Å². The van der Waals surface area contributed by atoms with E-state index in [9.17, 15) is 0 Å². The zero-order chi connectivity index (χ0) is 9.84. The molecule has 0 unspecified atom stereocenters. The minimum absolute atomic E-state index is 0.540. The third kappa shape index (κ3) is 2.18. The first-order chi connectivity index (χ1) is 6.16. The van der Waals surface area contributed by atoms with E-state index in [1.165, 1.54) is 11.1 Å². The van der Waals surface area contributed by atoms with E-state index in [2.05, 4.69) is 44.0 Å². The standard InChI is InChI=1S/C12H17N/c1-5-13-12-10(4)7-6-8-11(12)9(2)3/h5-9H,1-4H3/b13-5+. The molecule has 0 bridgehead atoms. The van der Waals surface area contributed by atoms with Crippen molar-refractivity contribution >= 4 is 11.9 Å². The van der Waals surface area contributed by atoms with Crippen molar-refractivity contribution in [1.29, 1.82) is 0 Å². The van der Waals surface area contributed by atoms with Gasteiger partial charge in [-0.3, -0.25) is 4.99 Å². The Kier molecular flexibility index (Phi) is 3.24. The summed E-state index contributed by atoms with van der Waals surface area (Å²) in [6.07, 6.45) is 1.86. The molecule has 0 aromatic heterocycles. The summed E-state index contributed by atoms with van der Waals surface area (Å²) in [5, 5.41) is 0. The molecule has 1 aromatic rings. The summed E-state index contributed by atoms with van der Waals surface area (Å²) < 4.78 is 0. The first-order valence-corrected chi connectivity index (χ1v) is 4.75. The van der Waals surface area contributed by atoms with E-state index >= 15 is 0 Å². The smallest absolute Gasteiger partial charge is 0.0689 e. The van der Waals surface area contributed by atoms with Gasteiger partial charge in [-0.2, -0.15) is 0 Å². The number of benzene rings is 1. The fourth-order valence-electron chi connectivity index (χ4n) is 1.45. The van der Waals surface area contributed by atoms with Gasteiger partial charge >= 0.3 is 0 Å². The van der Waals surface area contributed by atoms with Crippen molar-refractivity contribution in [1.82, 2.24) is 0 Å². The maximum atomic E-state index is 4.40. The number of para-hydroxylation sites is 1. The molecular weight excluding hydrogens is 158 g/mol. The molecule has 0 N–H and O–H groups in total. The minimum atomic E-state index is 0.540. The molecular formula is C12H17N. The average Bonchev–Trinajstić information content (AvgIpc) is 2.08. The fraction of sp³-hybridized carbons (Fsp3) is 0.417. The molecule has 1 nitrogen and oxygen atoms in total. The topological polar surface area (TPSA) is 12.4 Å². The van der Waals surface area contributed by atoms with Crippen molar-refractivity contribution in [3.63, 3.8) is 0 Å².